The van der Waals surface area contributed by atoms with Gasteiger partial charge in [0.25, 0.3) is 0 Å². The summed E-state index contributed by atoms with van der Waals surface area (Å²) in [6.45, 7) is 1.43. The third-order valence-electron chi connectivity index (χ3n) is 4.55. The highest BCUT2D eigenvalue weighted by molar-refractivity contribution is 6.30. The lowest BCUT2D eigenvalue weighted by Crippen LogP contribution is -2.41. The molecule has 0 fully saturated rings. The van der Waals surface area contributed by atoms with E-state index in [1.165, 1.54) is 6.92 Å². The lowest BCUT2D eigenvalue weighted by Gasteiger charge is -2.28. The quantitative estimate of drug-likeness (QED) is 0.688. The van der Waals surface area contributed by atoms with Crippen LogP contribution in [0.1, 0.15) is 24.2 Å². The molecular formula is C19H15ClO5. The molecule has 1 aliphatic heterocycles. The summed E-state index contributed by atoms with van der Waals surface area (Å²) in [5.41, 5.74) is -1.54. The van der Waals surface area contributed by atoms with E-state index < -0.39 is 23.4 Å². The number of hydrogen-bond donors (Lipinski definition) is 2. The summed E-state index contributed by atoms with van der Waals surface area (Å²) < 4.78 is 11.2. The maximum absolute atomic E-state index is 12.4. The lowest BCUT2D eigenvalue weighted by molar-refractivity contribution is -0.0857. The van der Waals surface area contributed by atoms with Crippen LogP contribution in [0.15, 0.2) is 57.7 Å². The largest absolute Gasteiger partial charge is 0.482 e. The van der Waals surface area contributed by atoms with Crippen molar-refractivity contribution in [3.8, 4) is 5.75 Å². The molecule has 0 spiro atoms. The van der Waals surface area contributed by atoms with Crippen molar-refractivity contribution in [3.05, 3.63) is 75.1 Å². The lowest BCUT2D eigenvalue weighted by atomic mass is 9.87. The number of aliphatic hydroxyl groups excluding tert-OH is 1. The Hall–Kier alpha value is -2.34. The van der Waals surface area contributed by atoms with Gasteiger partial charge in [0, 0.05) is 5.02 Å². The number of halogens is 1. The normalized spacial score (nSPS) is 23.3. The Bertz CT molecular complexity index is 1020. The Balaban J connectivity index is 1.86. The van der Waals surface area contributed by atoms with Crippen molar-refractivity contribution in [2.75, 3.05) is 0 Å². The van der Waals surface area contributed by atoms with E-state index >= 15 is 0 Å². The molecule has 0 bridgehead atoms. The van der Waals surface area contributed by atoms with Crippen LogP contribution in [0.25, 0.3) is 11.0 Å². The zero-order valence-corrected chi connectivity index (χ0v) is 14.0. The molecule has 3 unspecified atom stereocenters. The molecule has 2 heterocycles. The maximum atomic E-state index is 12.4. The SMILES string of the molecule is CC1(O)c2c(c3ccccc3oc2=O)OC1C(O)c1cccc(Cl)c1. The van der Waals surface area contributed by atoms with E-state index in [1.807, 2.05) is 0 Å². The topological polar surface area (TPSA) is 79.9 Å². The molecule has 2 aromatic carbocycles. The number of fused-ring (bicyclic) bond motifs is 3. The van der Waals surface area contributed by atoms with Crippen molar-refractivity contribution >= 4 is 22.6 Å². The van der Waals surface area contributed by atoms with Crippen molar-refractivity contribution in [3.63, 3.8) is 0 Å². The summed E-state index contributed by atoms with van der Waals surface area (Å²) in [5, 5.41) is 22.7. The predicted molar refractivity (Wildman–Crippen MR) is 92.9 cm³/mol. The molecule has 4 rings (SSSR count). The Kier molecular flexibility index (Phi) is 3.61. The molecule has 0 saturated carbocycles. The smallest absolute Gasteiger partial charge is 0.346 e. The van der Waals surface area contributed by atoms with E-state index in [2.05, 4.69) is 0 Å². The van der Waals surface area contributed by atoms with Crippen molar-refractivity contribution in [2.24, 2.45) is 0 Å². The molecule has 3 aromatic rings. The number of benzene rings is 2. The molecule has 3 atom stereocenters. The van der Waals surface area contributed by atoms with Crippen LogP contribution >= 0.6 is 11.6 Å². The summed E-state index contributed by atoms with van der Waals surface area (Å²) in [7, 11) is 0. The van der Waals surface area contributed by atoms with Crippen LogP contribution in [0.5, 0.6) is 5.75 Å². The maximum Gasteiger partial charge on any atom is 0.346 e. The molecule has 0 aliphatic carbocycles. The van der Waals surface area contributed by atoms with Gasteiger partial charge in [-0.25, -0.2) is 4.79 Å². The highest BCUT2D eigenvalue weighted by Gasteiger charge is 2.51. The first kappa shape index (κ1) is 16.1. The summed E-state index contributed by atoms with van der Waals surface area (Å²) in [4.78, 5) is 12.4. The summed E-state index contributed by atoms with van der Waals surface area (Å²) in [6, 6.07) is 13.6. The minimum atomic E-state index is -1.72. The van der Waals surface area contributed by atoms with Gasteiger partial charge in [0.05, 0.1) is 5.39 Å². The second-order valence-corrected chi connectivity index (χ2v) is 6.71. The van der Waals surface area contributed by atoms with Crippen LogP contribution in [-0.4, -0.2) is 16.3 Å². The van der Waals surface area contributed by atoms with Crippen LogP contribution in [0.2, 0.25) is 5.02 Å². The molecule has 1 aliphatic rings. The van der Waals surface area contributed by atoms with Crippen LogP contribution in [0.3, 0.4) is 0 Å². The summed E-state index contributed by atoms with van der Waals surface area (Å²) in [6.07, 6.45) is -2.26. The molecule has 0 radical (unpaired) electrons. The Morgan fingerprint density at radius 3 is 2.72 bits per heavy atom. The number of rotatable bonds is 2. The van der Waals surface area contributed by atoms with Crippen LogP contribution in [0.4, 0.5) is 0 Å². The fourth-order valence-electron chi connectivity index (χ4n) is 3.30. The average molecular weight is 359 g/mol. The molecule has 6 heteroatoms. The fourth-order valence-corrected chi connectivity index (χ4v) is 3.50. The van der Waals surface area contributed by atoms with Crippen LogP contribution < -0.4 is 10.4 Å². The van der Waals surface area contributed by atoms with Crippen molar-refractivity contribution in [1.82, 2.24) is 0 Å². The molecule has 0 amide bonds. The summed E-state index contributed by atoms with van der Waals surface area (Å²) >= 11 is 5.98. The highest BCUT2D eigenvalue weighted by atomic mass is 35.5. The van der Waals surface area contributed by atoms with E-state index in [0.717, 1.165) is 0 Å². The Morgan fingerprint density at radius 1 is 1.20 bits per heavy atom. The van der Waals surface area contributed by atoms with E-state index in [4.69, 9.17) is 20.8 Å². The Morgan fingerprint density at radius 2 is 1.96 bits per heavy atom. The zero-order chi connectivity index (χ0) is 17.8. The van der Waals surface area contributed by atoms with Gasteiger partial charge >= 0.3 is 5.63 Å². The second kappa shape index (κ2) is 5.59. The standard InChI is InChI=1S/C19H15ClO5/c1-19(23)14-16(12-7-2-3-8-13(12)24-18(14)22)25-17(19)15(21)10-5-4-6-11(20)9-10/h2-9,15,17,21,23H,1H3. The van der Waals surface area contributed by atoms with Gasteiger partial charge in [-0.2, -0.15) is 0 Å². The third-order valence-corrected chi connectivity index (χ3v) is 4.78. The van der Waals surface area contributed by atoms with E-state index in [-0.39, 0.29) is 11.3 Å². The van der Waals surface area contributed by atoms with Gasteiger partial charge in [0.2, 0.25) is 0 Å². The van der Waals surface area contributed by atoms with Crippen LogP contribution in [0, 0.1) is 0 Å². The zero-order valence-electron chi connectivity index (χ0n) is 13.3. The number of ether oxygens (including phenoxy) is 1. The minimum Gasteiger partial charge on any atom is -0.482 e. The molecule has 5 nitrogen and oxygen atoms in total. The first-order valence-corrected chi connectivity index (χ1v) is 8.16. The van der Waals surface area contributed by atoms with Gasteiger partial charge in [-0.05, 0) is 36.8 Å². The number of aliphatic hydroxyl groups is 2. The van der Waals surface area contributed by atoms with Crippen molar-refractivity contribution < 1.29 is 19.4 Å². The molecule has 0 saturated heterocycles. The van der Waals surface area contributed by atoms with E-state index in [1.54, 1.807) is 48.5 Å². The molecule has 128 valence electrons. The minimum absolute atomic E-state index is 0.0114. The number of hydrogen-bond acceptors (Lipinski definition) is 5. The first-order valence-electron chi connectivity index (χ1n) is 7.78. The number of para-hydroxylation sites is 1. The van der Waals surface area contributed by atoms with E-state index in [9.17, 15) is 15.0 Å². The Labute approximate surface area is 148 Å². The predicted octanol–water partition coefficient (Wildman–Crippen LogP) is 3.15. The third kappa shape index (κ3) is 2.43. The van der Waals surface area contributed by atoms with Gasteiger partial charge in [-0.1, -0.05) is 35.9 Å². The van der Waals surface area contributed by atoms with Gasteiger partial charge < -0.3 is 19.4 Å². The monoisotopic (exact) mass is 358 g/mol. The van der Waals surface area contributed by atoms with Crippen molar-refractivity contribution in [1.29, 1.82) is 0 Å². The average Bonchev–Trinajstić information content (AvgIpc) is 2.86. The highest BCUT2D eigenvalue weighted by Crippen LogP contribution is 2.46. The van der Waals surface area contributed by atoms with Gasteiger partial charge in [-0.15, -0.1) is 0 Å². The van der Waals surface area contributed by atoms with Gasteiger partial charge in [0.15, 0.2) is 6.10 Å². The molecular weight excluding hydrogens is 344 g/mol. The molecule has 2 N–H and O–H groups in total. The van der Waals surface area contributed by atoms with Crippen LogP contribution in [-0.2, 0) is 5.60 Å². The second-order valence-electron chi connectivity index (χ2n) is 6.28. The molecule has 25 heavy (non-hydrogen) atoms. The van der Waals surface area contributed by atoms with Gasteiger partial charge in [0.1, 0.15) is 28.6 Å². The summed E-state index contributed by atoms with van der Waals surface area (Å²) in [5.74, 6) is 0.239. The van der Waals surface area contributed by atoms with Gasteiger partial charge in [-0.3, -0.25) is 0 Å². The van der Waals surface area contributed by atoms with Crippen molar-refractivity contribution in [2.45, 2.75) is 24.7 Å². The molecule has 1 aromatic heterocycles. The first-order chi connectivity index (χ1) is 11.9. The fraction of sp³-hybridized carbons (Fsp3) is 0.211. The van der Waals surface area contributed by atoms with E-state index in [0.29, 0.717) is 21.6 Å².